The summed E-state index contributed by atoms with van der Waals surface area (Å²) in [5.74, 6) is 1.66. The third kappa shape index (κ3) is 4.58. The maximum absolute atomic E-state index is 12.2. The number of aryl methyl sites for hydroxylation is 1. The molecular formula is C16H25N3O3. The van der Waals surface area contributed by atoms with Crippen molar-refractivity contribution in [2.75, 3.05) is 11.9 Å². The minimum atomic E-state index is -0.0499. The van der Waals surface area contributed by atoms with Gasteiger partial charge in [0.25, 0.3) is 0 Å². The largest absolute Gasteiger partial charge is 0.360 e. The van der Waals surface area contributed by atoms with Crippen LogP contribution in [0.4, 0.5) is 5.82 Å². The highest BCUT2D eigenvalue weighted by molar-refractivity contribution is 5.91. The van der Waals surface area contributed by atoms with E-state index in [0.717, 1.165) is 25.7 Å². The first-order valence-corrected chi connectivity index (χ1v) is 7.97. The fourth-order valence-corrected chi connectivity index (χ4v) is 2.72. The van der Waals surface area contributed by atoms with Gasteiger partial charge in [-0.25, -0.2) is 0 Å². The zero-order chi connectivity index (χ0) is 16.1. The quantitative estimate of drug-likeness (QED) is 0.875. The van der Waals surface area contributed by atoms with Gasteiger partial charge in [-0.2, -0.15) is 0 Å². The number of anilines is 1. The van der Waals surface area contributed by atoms with E-state index in [1.54, 1.807) is 13.0 Å². The molecule has 1 fully saturated rings. The van der Waals surface area contributed by atoms with Gasteiger partial charge in [0.2, 0.25) is 11.8 Å². The number of hydrogen-bond donors (Lipinski definition) is 2. The first-order valence-electron chi connectivity index (χ1n) is 7.97. The lowest BCUT2D eigenvalue weighted by atomic mass is 9.81. The van der Waals surface area contributed by atoms with Crippen LogP contribution in [-0.2, 0) is 9.59 Å². The molecule has 1 aliphatic carbocycles. The summed E-state index contributed by atoms with van der Waals surface area (Å²) < 4.78 is 4.93. The van der Waals surface area contributed by atoms with Crippen LogP contribution in [0.3, 0.4) is 0 Å². The van der Waals surface area contributed by atoms with Crippen LogP contribution in [0.5, 0.6) is 0 Å². The van der Waals surface area contributed by atoms with Crippen molar-refractivity contribution in [3.05, 3.63) is 11.8 Å². The summed E-state index contributed by atoms with van der Waals surface area (Å²) in [6, 6.07) is 1.70. The third-order valence-corrected chi connectivity index (χ3v) is 4.03. The van der Waals surface area contributed by atoms with E-state index in [2.05, 4.69) is 29.6 Å². The fraction of sp³-hybridized carbons (Fsp3) is 0.688. The molecule has 22 heavy (non-hydrogen) atoms. The highest BCUT2D eigenvalue weighted by Crippen LogP contribution is 2.29. The van der Waals surface area contributed by atoms with Crippen LogP contribution in [0.15, 0.2) is 10.6 Å². The van der Waals surface area contributed by atoms with Crippen LogP contribution in [0.2, 0.25) is 0 Å². The molecule has 122 valence electrons. The molecule has 1 aromatic rings. The van der Waals surface area contributed by atoms with Gasteiger partial charge in [0.15, 0.2) is 5.82 Å². The Labute approximate surface area is 131 Å². The van der Waals surface area contributed by atoms with Gasteiger partial charge < -0.3 is 15.2 Å². The van der Waals surface area contributed by atoms with Gasteiger partial charge in [0.1, 0.15) is 5.76 Å². The second-order valence-electron chi connectivity index (χ2n) is 6.50. The second-order valence-corrected chi connectivity index (χ2v) is 6.50. The molecule has 1 heterocycles. The summed E-state index contributed by atoms with van der Waals surface area (Å²) in [4.78, 5) is 24.2. The standard InChI is InChI=1S/C16H25N3O3/c1-10(2)9-17-15(20)12-4-6-13(7-5-12)16(21)18-14-8-11(3)22-19-14/h8,10,12-13H,4-7,9H2,1-3H3,(H,17,20)(H,18,19,21). The minimum Gasteiger partial charge on any atom is -0.360 e. The van der Waals surface area contributed by atoms with Gasteiger partial charge in [0, 0.05) is 24.4 Å². The molecule has 6 nitrogen and oxygen atoms in total. The van der Waals surface area contributed by atoms with Crippen molar-refractivity contribution in [3.63, 3.8) is 0 Å². The molecule has 1 aromatic heterocycles. The number of carbonyl (C=O) groups excluding carboxylic acids is 2. The molecule has 1 aliphatic rings. The number of rotatable bonds is 5. The van der Waals surface area contributed by atoms with Gasteiger partial charge in [-0.15, -0.1) is 0 Å². The molecule has 2 N–H and O–H groups in total. The maximum atomic E-state index is 12.2. The Kier molecular flexibility index (Phi) is 5.57. The molecule has 0 atom stereocenters. The minimum absolute atomic E-state index is 0.0330. The van der Waals surface area contributed by atoms with E-state index in [0.29, 0.717) is 24.0 Å². The molecule has 0 aliphatic heterocycles. The Balaban J connectivity index is 1.76. The van der Waals surface area contributed by atoms with E-state index < -0.39 is 0 Å². The molecule has 0 radical (unpaired) electrons. The number of carbonyl (C=O) groups is 2. The van der Waals surface area contributed by atoms with Crippen LogP contribution in [-0.4, -0.2) is 23.5 Å². The molecule has 0 saturated heterocycles. The van der Waals surface area contributed by atoms with Crippen molar-refractivity contribution in [1.82, 2.24) is 10.5 Å². The first kappa shape index (κ1) is 16.5. The van der Waals surface area contributed by atoms with Gasteiger partial charge in [-0.1, -0.05) is 19.0 Å². The summed E-state index contributed by atoms with van der Waals surface area (Å²) >= 11 is 0. The predicted octanol–water partition coefficient (Wildman–Crippen LogP) is 2.50. The van der Waals surface area contributed by atoms with Crippen molar-refractivity contribution in [1.29, 1.82) is 0 Å². The van der Waals surface area contributed by atoms with E-state index in [4.69, 9.17) is 4.52 Å². The molecule has 2 amide bonds. The molecule has 0 unspecified atom stereocenters. The Morgan fingerprint density at radius 1 is 1.23 bits per heavy atom. The van der Waals surface area contributed by atoms with Crippen LogP contribution in [0.1, 0.15) is 45.3 Å². The summed E-state index contributed by atoms with van der Waals surface area (Å²) in [7, 11) is 0. The molecular weight excluding hydrogens is 282 g/mol. The van der Waals surface area contributed by atoms with Gasteiger partial charge in [0.05, 0.1) is 0 Å². The highest BCUT2D eigenvalue weighted by Gasteiger charge is 2.30. The third-order valence-electron chi connectivity index (χ3n) is 4.03. The molecule has 0 spiro atoms. The Bertz CT molecular complexity index is 516. The van der Waals surface area contributed by atoms with Crippen molar-refractivity contribution < 1.29 is 14.1 Å². The van der Waals surface area contributed by atoms with Crippen LogP contribution in [0.25, 0.3) is 0 Å². The Hall–Kier alpha value is -1.85. The molecule has 0 bridgehead atoms. The average molecular weight is 307 g/mol. The van der Waals surface area contributed by atoms with Crippen molar-refractivity contribution in [2.45, 2.75) is 46.5 Å². The van der Waals surface area contributed by atoms with Crippen molar-refractivity contribution in [2.24, 2.45) is 17.8 Å². The number of nitrogens with one attached hydrogen (secondary N) is 2. The van der Waals surface area contributed by atoms with E-state index in [9.17, 15) is 9.59 Å². The zero-order valence-electron chi connectivity index (χ0n) is 13.5. The molecule has 6 heteroatoms. The monoisotopic (exact) mass is 307 g/mol. The first-order chi connectivity index (χ1) is 10.5. The summed E-state index contributed by atoms with van der Waals surface area (Å²) in [5, 5.41) is 9.51. The summed E-state index contributed by atoms with van der Waals surface area (Å²) in [5.41, 5.74) is 0. The van der Waals surface area contributed by atoms with E-state index in [1.807, 2.05) is 0 Å². The highest BCUT2D eigenvalue weighted by atomic mass is 16.5. The zero-order valence-corrected chi connectivity index (χ0v) is 13.5. The van der Waals surface area contributed by atoms with Gasteiger partial charge in [-0.05, 0) is 38.5 Å². The fourth-order valence-electron chi connectivity index (χ4n) is 2.72. The Morgan fingerprint density at radius 2 is 1.82 bits per heavy atom. The van der Waals surface area contributed by atoms with Crippen molar-refractivity contribution >= 4 is 17.6 Å². The van der Waals surface area contributed by atoms with Crippen molar-refractivity contribution in [3.8, 4) is 0 Å². The van der Waals surface area contributed by atoms with E-state index >= 15 is 0 Å². The summed E-state index contributed by atoms with van der Waals surface area (Å²) in [6.45, 7) is 6.65. The van der Waals surface area contributed by atoms with E-state index in [1.165, 1.54) is 0 Å². The van der Waals surface area contributed by atoms with Gasteiger partial charge >= 0.3 is 0 Å². The Morgan fingerprint density at radius 3 is 2.32 bits per heavy atom. The van der Waals surface area contributed by atoms with Crippen LogP contribution >= 0.6 is 0 Å². The molecule has 1 saturated carbocycles. The van der Waals surface area contributed by atoms with E-state index in [-0.39, 0.29) is 23.7 Å². The summed E-state index contributed by atoms with van der Waals surface area (Å²) in [6.07, 6.45) is 3.00. The normalized spacial score (nSPS) is 21.6. The smallest absolute Gasteiger partial charge is 0.228 e. The SMILES string of the molecule is Cc1cc(NC(=O)C2CCC(C(=O)NCC(C)C)CC2)no1. The average Bonchev–Trinajstić information content (AvgIpc) is 2.90. The topological polar surface area (TPSA) is 84.2 Å². The molecule has 2 rings (SSSR count). The maximum Gasteiger partial charge on any atom is 0.228 e. The number of hydrogen-bond acceptors (Lipinski definition) is 4. The lowest BCUT2D eigenvalue weighted by molar-refractivity contribution is -0.128. The number of amides is 2. The van der Waals surface area contributed by atoms with Crippen LogP contribution in [0, 0.1) is 24.7 Å². The van der Waals surface area contributed by atoms with Gasteiger partial charge in [-0.3, -0.25) is 9.59 Å². The van der Waals surface area contributed by atoms with Crippen LogP contribution < -0.4 is 10.6 Å². The lowest BCUT2D eigenvalue weighted by Crippen LogP contribution is -2.37. The molecule has 0 aromatic carbocycles. The number of nitrogens with zero attached hydrogens (tertiary/aromatic N) is 1. The number of aromatic nitrogens is 1. The lowest BCUT2D eigenvalue weighted by Gasteiger charge is -2.27. The predicted molar refractivity (Wildman–Crippen MR) is 83.2 cm³/mol. The second kappa shape index (κ2) is 7.42.